The van der Waals surface area contributed by atoms with Gasteiger partial charge >= 0.3 is 0 Å². The third-order valence-corrected chi connectivity index (χ3v) is 12.7. The van der Waals surface area contributed by atoms with Gasteiger partial charge in [-0.15, -0.1) is 0 Å². The van der Waals surface area contributed by atoms with Crippen molar-refractivity contribution in [1.29, 1.82) is 0 Å². The van der Waals surface area contributed by atoms with E-state index < -0.39 is 0 Å². The second kappa shape index (κ2) is 12.5. The molecule has 8 heteroatoms. The van der Waals surface area contributed by atoms with E-state index in [1.54, 1.807) is 0 Å². The Morgan fingerprint density at radius 3 is 1.29 bits per heavy atom. The summed E-state index contributed by atoms with van der Waals surface area (Å²) in [5, 5.41) is 9.24. The van der Waals surface area contributed by atoms with Crippen molar-refractivity contribution in [1.82, 2.24) is 38.2 Å². The lowest BCUT2D eigenvalue weighted by Crippen LogP contribution is -2.05. The van der Waals surface area contributed by atoms with Gasteiger partial charge in [-0.05, 0) is 66.7 Å². The maximum absolute atomic E-state index is 5.23. The first kappa shape index (κ1) is 33.2. The van der Waals surface area contributed by atoms with E-state index in [2.05, 4.69) is 200 Å². The molecule has 6 aromatic heterocycles. The minimum absolute atomic E-state index is 0.568. The van der Waals surface area contributed by atoms with Gasteiger partial charge in [-0.1, -0.05) is 115 Å². The Bertz CT molecular complexity index is 4150. The molecule has 62 heavy (non-hydrogen) atoms. The second-order valence-electron chi connectivity index (χ2n) is 15.9. The van der Waals surface area contributed by atoms with Crippen molar-refractivity contribution in [3.05, 3.63) is 194 Å². The lowest BCUT2D eigenvalue weighted by Gasteiger charge is -2.10. The molecule has 288 valence electrons. The molecule has 0 atom stereocenters. The molecule has 8 nitrogen and oxygen atoms in total. The van der Waals surface area contributed by atoms with E-state index in [1.165, 1.54) is 16.2 Å². The molecular weight excluding hydrogens is 761 g/mol. The van der Waals surface area contributed by atoms with Gasteiger partial charge in [-0.2, -0.15) is 0 Å². The minimum Gasteiger partial charge on any atom is -0.309 e. The van der Waals surface area contributed by atoms with E-state index in [0.717, 1.165) is 82.4 Å². The van der Waals surface area contributed by atoms with Gasteiger partial charge in [0.25, 0.3) is 0 Å². The van der Waals surface area contributed by atoms with Crippen LogP contribution in [0.1, 0.15) is 0 Å². The highest BCUT2D eigenvalue weighted by molar-refractivity contribution is 6.26. The summed E-state index contributed by atoms with van der Waals surface area (Å²) in [5.74, 6) is 1.14. The predicted molar refractivity (Wildman–Crippen MR) is 252 cm³/mol. The Kier molecular flexibility index (Phi) is 6.68. The summed E-state index contributed by atoms with van der Waals surface area (Å²) in [4.78, 5) is 20.6. The minimum atomic E-state index is 0.568. The Hall–Kier alpha value is -8.62. The molecule has 14 aromatic rings. The summed E-state index contributed by atoms with van der Waals surface area (Å²) >= 11 is 0. The van der Waals surface area contributed by atoms with E-state index in [-0.39, 0.29) is 0 Å². The molecule has 0 aliphatic rings. The Morgan fingerprint density at radius 2 is 0.710 bits per heavy atom. The maximum atomic E-state index is 5.23. The fourth-order valence-electron chi connectivity index (χ4n) is 10.1. The van der Waals surface area contributed by atoms with Gasteiger partial charge in [-0.3, -0.25) is 9.13 Å². The number of para-hydroxylation sites is 6. The molecule has 0 fully saturated rings. The maximum Gasteiger partial charge on any atom is 0.235 e. The molecule has 0 spiro atoms. The number of hydrogen-bond donors (Lipinski definition) is 0. The highest BCUT2D eigenvalue weighted by Gasteiger charge is 2.23. The van der Waals surface area contributed by atoms with Crippen LogP contribution in [-0.4, -0.2) is 38.2 Å². The lowest BCUT2D eigenvalue weighted by atomic mass is 10.1. The SMILES string of the molecule is c1ccc(-n2c3ccccc3c3cc4c(cc32)c2ccccc2n4-c2ncc3nc(-n4c5ccccc5c5ccc6c(c7ccccc7n6-c6ccccc6)c54)ncc3n2)cc1. The number of fused-ring (bicyclic) bond motifs is 14. The van der Waals surface area contributed by atoms with Crippen molar-refractivity contribution < 1.29 is 0 Å². The predicted octanol–water partition coefficient (Wildman–Crippen LogP) is 12.8. The first-order valence-electron chi connectivity index (χ1n) is 20.8. The molecule has 14 rings (SSSR count). The lowest BCUT2D eigenvalue weighted by molar-refractivity contribution is 0.976. The van der Waals surface area contributed by atoms with Crippen molar-refractivity contribution >= 4 is 98.3 Å². The zero-order valence-corrected chi connectivity index (χ0v) is 33.1. The third-order valence-electron chi connectivity index (χ3n) is 12.7. The summed E-state index contributed by atoms with van der Waals surface area (Å²) in [7, 11) is 0. The summed E-state index contributed by atoms with van der Waals surface area (Å²) in [6.45, 7) is 0. The smallest absolute Gasteiger partial charge is 0.235 e. The second-order valence-corrected chi connectivity index (χ2v) is 15.9. The van der Waals surface area contributed by atoms with Crippen molar-refractivity contribution in [3.63, 3.8) is 0 Å². The van der Waals surface area contributed by atoms with Gasteiger partial charge in [0.05, 0.1) is 56.5 Å². The van der Waals surface area contributed by atoms with Gasteiger partial charge in [0.2, 0.25) is 11.9 Å². The third kappa shape index (κ3) is 4.49. The van der Waals surface area contributed by atoms with Crippen LogP contribution in [0.2, 0.25) is 0 Å². The fraction of sp³-hybridized carbons (Fsp3) is 0. The highest BCUT2D eigenvalue weighted by Crippen LogP contribution is 2.42. The average Bonchev–Trinajstić information content (AvgIpc) is 4.06. The summed E-state index contributed by atoms with van der Waals surface area (Å²) in [6.07, 6.45) is 3.68. The molecule has 0 unspecified atom stereocenters. The first-order chi connectivity index (χ1) is 30.8. The highest BCUT2D eigenvalue weighted by atomic mass is 15.2. The monoisotopic (exact) mass is 792 g/mol. The Labute approximate surface area is 352 Å². The Morgan fingerprint density at radius 1 is 0.290 bits per heavy atom. The summed E-state index contributed by atoms with van der Waals surface area (Å²) < 4.78 is 9.11. The number of benzene rings is 8. The van der Waals surface area contributed by atoms with E-state index in [0.29, 0.717) is 22.9 Å². The van der Waals surface area contributed by atoms with Crippen LogP contribution in [0.15, 0.2) is 194 Å². The zero-order chi connectivity index (χ0) is 40.5. The number of nitrogens with zero attached hydrogens (tertiary/aromatic N) is 8. The molecule has 0 saturated carbocycles. The molecule has 0 amide bonds. The topological polar surface area (TPSA) is 71.3 Å². The fourth-order valence-corrected chi connectivity index (χ4v) is 10.1. The van der Waals surface area contributed by atoms with E-state index in [9.17, 15) is 0 Å². The molecule has 0 saturated heterocycles. The molecular formula is C54H32N8. The van der Waals surface area contributed by atoms with Crippen LogP contribution in [0.5, 0.6) is 0 Å². The van der Waals surface area contributed by atoms with Gasteiger partial charge in [-0.25, -0.2) is 19.9 Å². The first-order valence-corrected chi connectivity index (χ1v) is 20.8. The molecule has 6 heterocycles. The Balaban J connectivity index is 0.988. The number of rotatable bonds is 4. The van der Waals surface area contributed by atoms with Crippen molar-refractivity contribution in [2.45, 2.75) is 0 Å². The molecule has 0 aliphatic carbocycles. The summed E-state index contributed by atoms with van der Waals surface area (Å²) in [6, 6.07) is 64.6. The number of aromatic nitrogens is 8. The zero-order valence-electron chi connectivity index (χ0n) is 33.1. The quantitative estimate of drug-likeness (QED) is 0.178. The van der Waals surface area contributed by atoms with Crippen molar-refractivity contribution in [2.24, 2.45) is 0 Å². The van der Waals surface area contributed by atoms with Gasteiger partial charge in [0, 0.05) is 54.5 Å². The van der Waals surface area contributed by atoms with Crippen LogP contribution in [0.3, 0.4) is 0 Å². The normalized spacial score (nSPS) is 12.2. The molecule has 0 aliphatic heterocycles. The van der Waals surface area contributed by atoms with E-state index in [4.69, 9.17) is 19.9 Å². The van der Waals surface area contributed by atoms with E-state index >= 15 is 0 Å². The summed E-state index contributed by atoms with van der Waals surface area (Å²) in [5.41, 5.74) is 12.3. The van der Waals surface area contributed by atoms with Crippen LogP contribution in [-0.2, 0) is 0 Å². The van der Waals surface area contributed by atoms with Crippen LogP contribution in [0, 0.1) is 0 Å². The van der Waals surface area contributed by atoms with Gasteiger partial charge in [0.15, 0.2) is 0 Å². The van der Waals surface area contributed by atoms with Crippen LogP contribution >= 0.6 is 0 Å². The van der Waals surface area contributed by atoms with Gasteiger partial charge < -0.3 is 9.13 Å². The van der Waals surface area contributed by atoms with Crippen LogP contribution in [0.25, 0.3) is 122 Å². The van der Waals surface area contributed by atoms with Crippen molar-refractivity contribution in [2.75, 3.05) is 0 Å². The van der Waals surface area contributed by atoms with Gasteiger partial charge in [0.1, 0.15) is 11.0 Å². The molecule has 0 N–H and O–H groups in total. The van der Waals surface area contributed by atoms with Crippen molar-refractivity contribution in [3.8, 4) is 23.3 Å². The standard InChI is InChI=1S/C54H32N8/c1-3-15-33(16-4-1)59-47-26-14-10-22-39(47)51-48(59)28-27-38-35-19-7-13-25-46(35)62(52(38)51)54-56-32-42-43(58-54)31-55-53(57-42)61-45-24-12-9-21-37(45)41-29-49-40(30-50(41)61)36-20-8-11-23-44(36)60(49)34-17-5-2-6-18-34/h1-32H. The van der Waals surface area contributed by atoms with Crippen LogP contribution < -0.4 is 0 Å². The van der Waals surface area contributed by atoms with Crippen LogP contribution in [0.4, 0.5) is 0 Å². The molecule has 8 aromatic carbocycles. The van der Waals surface area contributed by atoms with E-state index in [1.807, 2.05) is 12.4 Å². The number of hydrogen-bond acceptors (Lipinski definition) is 4. The molecule has 0 radical (unpaired) electrons. The molecule has 0 bridgehead atoms. The largest absolute Gasteiger partial charge is 0.309 e. The average molecular weight is 793 g/mol.